The standard InChI is InChI=1S/C17H29NO4/c1-13-8-9-16(22-15(3)20)7-5-4-6-12-21-18-17(13)14(2)10-11-19/h8-10,13,16-19H,4-7,11-12H2,1-3H3/b9-8+,14-10+/t13-,16?,17-/m0/s1. The van der Waals surface area contributed by atoms with Gasteiger partial charge in [-0.05, 0) is 38.2 Å². The zero-order valence-corrected chi connectivity index (χ0v) is 13.9. The highest BCUT2D eigenvalue weighted by atomic mass is 16.6. The van der Waals surface area contributed by atoms with Gasteiger partial charge in [0, 0.05) is 6.92 Å². The fourth-order valence-electron chi connectivity index (χ4n) is 2.55. The van der Waals surface area contributed by atoms with Crippen molar-refractivity contribution in [3.05, 3.63) is 23.8 Å². The Balaban J connectivity index is 2.83. The number of nitrogens with one attached hydrogen (secondary N) is 1. The number of hydroxylamine groups is 1. The van der Waals surface area contributed by atoms with E-state index in [9.17, 15) is 4.79 Å². The Hall–Kier alpha value is -1.17. The average molecular weight is 311 g/mol. The Morgan fingerprint density at radius 1 is 1.36 bits per heavy atom. The monoisotopic (exact) mass is 311 g/mol. The van der Waals surface area contributed by atoms with Crippen LogP contribution in [0.25, 0.3) is 0 Å². The fraction of sp³-hybridized carbons (Fsp3) is 0.706. The molecule has 1 rings (SSSR count). The molecule has 3 atom stereocenters. The highest BCUT2D eigenvalue weighted by molar-refractivity contribution is 5.66. The second kappa shape index (κ2) is 10.5. The molecule has 0 amide bonds. The molecule has 0 spiro atoms. The number of aliphatic hydroxyl groups excluding tert-OH is 1. The maximum atomic E-state index is 11.2. The van der Waals surface area contributed by atoms with Crippen LogP contribution in [0.2, 0.25) is 0 Å². The van der Waals surface area contributed by atoms with Crippen LogP contribution < -0.4 is 5.48 Å². The summed E-state index contributed by atoms with van der Waals surface area (Å²) in [4.78, 5) is 16.8. The summed E-state index contributed by atoms with van der Waals surface area (Å²) in [6, 6.07) is -0.0131. The van der Waals surface area contributed by atoms with Crippen LogP contribution in [0.3, 0.4) is 0 Å². The van der Waals surface area contributed by atoms with Crippen LogP contribution >= 0.6 is 0 Å². The Kier molecular flexibility index (Phi) is 9.04. The van der Waals surface area contributed by atoms with Crippen LogP contribution in [0.1, 0.15) is 46.5 Å². The summed E-state index contributed by atoms with van der Waals surface area (Å²) < 4.78 is 5.35. The molecule has 22 heavy (non-hydrogen) atoms. The average Bonchev–Trinajstić information content (AvgIpc) is 2.45. The van der Waals surface area contributed by atoms with Gasteiger partial charge in [0.05, 0.1) is 19.3 Å². The van der Waals surface area contributed by atoms with Crippen molar-refractivity contribution in [3.63, 3.8) is 0 Å². The minimum Gasteiger partial charge on any atom is -0.458 e. The molecule has 0 saturated heterocycles. The lowest BCUT2D eigenvalue weighted by atomic mass is 9.94. The van der Waals surface area contributed by atoms with Crippen LogP contribution in [0, 0.1) is 5.92 Å². The van der Waals surface area contributed by atoms with Crippen molar-refractivity contribution in [2.45, 2.75) is 58.6 Å². The van der Waals surface area contributed by atoms with Gasteiger partial charge in [0.1, 0.15) is 6.10 Å². The Morgan fingerprint density at radius 2 is 2.14 bits per heavy atom. The number of carbonyl (C=O) groups is 1. The fourth-order valence-corrected chi connectivity index (χ4v) is 2.55. The summed E-state index contributed by atoms with van der Waals surface area (Å²) in [7, 11) is 0. The largest absolute Gasteiger partial charge is 0.458 e. The molecule has 0 fully saturated rings. The van der Waals surface area contributed by atoms with Gasteiger partial charge in [0.2, 0.25) is 0 Å². The van der Waals surface area contributed by atoms with Crippen molar-refractivity contribution in [2.75, 3.05) is 13.2 Å². The van der Waals surface area contributed by atoms with Crippen LogP contribution in [0.4, 0.5) is 0 Å². The maximum absolute atomic E-state index is 11.2. The molecule has 5 heteroatoms. The van der Waals surface area contributed by atoms with E-state index in [4.69, 9.17) is 14.7 Å². The SMILES string of the molecule is CC(=O)OC1/C=C/[C@H](C)[C@@H](/C(C)=C/CO)NOCCCCC1. The van der Waals surface area contributed by atoms with Crippen molar-refractivity contribution < 1.29 is 19.5 Å². The highest BCUT2D eigenvalue weighted by Crippen LogP contribution is 2.17. The van der Waals surface area contributed by atoms with Crippen molar-refractivity contribution in [1.82, 2.24) is 5.48 Å². The van der Waals surface area contributed by atoms with E-state index >= 15 is 0 Å². The Bertz CT molecular complexity index is 392. The van der Waals surface area contributed by atoms with E-state index in [-0.39, 0.29) is 30.6 Å². The van der Waals surface area contributed by atoms with Gasteiger partial charge in [-0.2, -0.15) is 5.48 Å². The van der Waals surface area contributed by atoms with E-state index in [1.807, 2.05) is 19.1 Å². The molecule has 1 unspecified atom stereocenters. The van der Waals surface area contributed by atoms with Crippen LogP contribution in [0.5, 0.6) is 0 Å². The van der Waals surface area contributed by atoms with E-state index in [0.29, 0.717) is 6.61 Å². The lowest BCUT2D eigenvalue weighted by Gasteiger charge is -2.25. The second-order valence-corrected chi connectivity index (χ2v) is 5.82. The van der Waals surface area contributed by atoms with E-state index < -0.39 is 0 Å². The zero-order valence-electron chi connectivity index (χ0n) is 13.9. The third-order valence-corrected chi connectivity index (χ3v) is 3.82. The molecular formula is C17H29NO4. The molecular weight excluding hydrogens is 282 g/mol. The first-order valence-corrected chi connectivity index (χ1v) is 8.05. The minimum absolute atomic E-state index is 0.0104. The molecule has 0 aromatic heterocycles. The molecule has 1 aliphatic rings. The number of carbonyl (C=O) groups excluding carboxylic acids is 1. The van der Waals surface area contributed by atoms with Crippen molar-refractivity contribution in [3.8, 4) is 0 Å². The summed E-state index contributed by atoms with van der Waals surface area (Å²) in [5, 5.41) is 9.08. The van der Waals surface area contributed by atoms with Gasteiger partial charge in [-0.25, -0.2) is 0 Å². The van der Waals surface area contributed by atoms with Crippen molar-refractivity contribution in [2.24, 2.45) is 5.92 Å². The lowest BCUT2D eigenvalue weighted by Crippen LogP contribution is -2.36. The summed E-state index contributed by atoms with van der Waals surface area (Å²) in [5.74, 6) is -0.0935. The smallest absolute Gasteiger partial charge is 0.303 e. The van der Waals surface area contributed by atoms with E-state index in [0.717, 1.165) is 31.3 Å². The number of hydrogen-bond donors (Lipinski definition) is 2. The molecule has 2 N–H and O–H groups in total. The molecule has 1 aliphatic heterocycles. The van der Waals surface area contributed by atoms with Gasteiger partial charge in [0.25, 0.3) is 0 Å². The van der Waals surface area contributed by atoms with Gasteiger partial charge in [-0.1, -0.05) is 31.1 Å². The highest BCUT2D eigenvalue weighted by Gasteiger charge is 2.18. The van der Waals surface area contributed by atoms with Crippen LogP contribution in [-0.4, -0.2) is 36.4 Å². The first-order chi connectivity index (χ1) is 10.5. The molecule has 0 saturated carbocycles. The molecule has 0 aromatic rings. The molecule has 126 valence electrons. The van der Waals surface area contributed by atoms with E-state index in [1.54, 1.807) is 6.08 Å². The number of esters is 1. The summed E-state index contributed by atoms with van der Waals surface area (Å²) >= 11 is 0. The molecule has 0 bridgehead atoms. The summed E-state index contributed by atoms with van der Waals surface area (Å²) in [5.41, 5.74) is 4.12. The number of rotatable bonds is 3. The molecule has 0 radical (unpaired) electrons. The van der Waals surface area contributed by atoms with Gasteiger partial charge in [-0.3, -0.25) is 4.79 Å². The number of aliphatic hydroxyl groups is 1. The van der Waals surface area contributed by atoms with Crippen molar-refractivity contribution in [1.29, 1.82) is 0 Å². The first kappa shape index (κ1) is 18.9. The van der Waals surface area contributed by atoms with Crippen molar-refractivity contribution >= 4 is 5.97 Å². The van der Waals surface area contributed by atoms with E-state index in [2.05, 4.69) is 12.4 Å². The van der Waals surface area contributed by atoms with Gasteiger partial charge < -0.3 is 14.7 Å². The van der Waals surface area contributed by atoms with Gasteiger partial charge >= 0.3 is 5.97 Å². The van der Waals surface area contributed by atoms with Crippen LogP contribution in [-0.2, 0) is 14.4 Å². The molecule has 0 aromatic carbocycles. The Morgan fingerprint density at radius 3 is 2.82 bits per heavy atom. The topological polar surface area (TPSA) is 67.8 Å². The van der Waals surface area contributed by atoms with Crippen LogP contribution in [0.15, 0.2) is 23.8 Å². The second-order valence-electron chi connectivity index (χ2n) is 5.82. The molecule has 5 nitrogen and oxygen atoms in total. The predicted molar refractivity (Wildman–Crippen MR) is 86.0 cm³/mol. The quantitative estimate of drug-likeness (QED) is 0.619. The summed E-state index contributed by atoms with van der Waals surface area (Å²) in [6.07, 6.45) is 9.48. The lowest BCUT2D eigenvalue weighted by molar-refractivity contribution is -0.144. The maximum Gasteiger partial charge on any atom is 0.303 e. The van der Waals surface area contributed by atoms with Gasteiger partial charge in [0.15, 0.2) is 0 Å². The third-order valence-electron chi connectivity index (χ3n) is 3.82. The first-order valence-electron chi connectivity index (χ1n) is 8.05. The number of ether oxygens (including phenoxy) is 1. The molecule has 0 aliphatic carbocycles. The predicted octanol–water partition coefficient (Wildman–Crippen LogP) is 2.51. The zero-order chi connectivity index (χ0) is 16.4. The minimum atomic E-state index is -0.247. The van der Waals surface area contributed by atoms with E-state index in [1.165, 1.54) is 6.92 Å². The molecule has 1 heterocycles. The normalized spacial score (nSPS) is 30.0. The van der Waals surface area contributed by atoms with Gasteiger partial charge in [-0.15, -0.1) is 0 Å². The Labute approximate surface area is 133 Å². The third kappa shape index (κ3) is 7.20. The summed E-state index contributed by atoms with van der Waals surface area (Å²) in [6.45, 7) is 6.15. The number of hydrogen-bond acceptors (Lipinski definition) is 5.